The van der Waals surface area contributed by atoms with Gasteiger partial charge in [-0.25, -0.2) is 9.96 Å². The fraction of sp³-hybridized carbons (Fsp3) is 0.259. The Hall–Kier alpha value is -3.64. The molecule has 0 radical (unpaired) electrons. The molecule has 0 spiro atoms. The first-order chi connectivity index (χ1) is 16.0. The minimum absolute atomic E-state index is 0.252. The third-order valence-corrected chi connectivity index (χ3v) is 6.28. The number of amides is 2. The van der Waals surface area contributed by atoms with Crippen LogP contribution in [0.25, 0.3) is 0 Å². The van der Waals surface area contributed by atoms with Crippen LogP contribution in [-0.2, 0) is 14.4 Å². The van der Waals surface area contributed by atoms with Crippen molar-refractivity contribution < 1.29 is 19.2 Å². The van der Waals surface area contributed by atoms with Crippen LogP contribution >= 0.6 is 0 Å². The van der Waals surface area contributed by atoms with Crippen LogP contribution in [0, 0.1) is 19.8 Å². The van der Waals surface area contributed by atoms with E-state index in [4.69, 9.17) is 9.57 Å². The van der Waals surface area contributed by atoms with Crippen molar-refractivity contribution in [2.75, 3.05) is 16.6 Å². The number of anilines is 2. The van der Waals surface area contributed by atoms with Gasteiger partial charge in [0.1, 0.15) is 11.7 Å². The minimum atomic E-state index is -0.880. The SMILES string of the molecule is CCOc1ccc(N2C(=O)[C@H]3[C@@H](ON(c4ccccc4)[C@H]3c3ccc(C)cc3C)C2=O)cc1. The number of carbonyl (C=O) groups excluding carboxylic acids is 2. The monoisotopic (exact) mass is 442 g/mol. The summed E-state index contributed by atoms with van der Waals surface area (Å²) in [5.74, 6) is -0.550. The number of carbonyl (C=O) groups is 2. The van der Waals surface area contributed by atoms with Gasteiger partial charge in [0.25, 0.3) is 5.91 Å². The first-order valence-electron chi connectivity index (χ1n) is 11.2. The highest BCUT2D eigenvalue weighted by atomic mass is 16.7. The molecule has 2 aliphatic heterocycles. The Bertz CT molecular complexity index is 1190. The Balaban J connectivity index is 1.55. The molecule has 0 N–H and O–H groups in total. The summed E-state index contributed by atoms with van der Waals surface area (Å²) in [5.41, 5.74) is 4.52. The lowest BCUT2D eigenvalue weighted by molar-refractivity contribution is -0.126. The topological polar surface area (TPSA) is 59.1 Å². The zero-order valence-electron chi connectivity index (χ0n) is 18.9. The molecule has 2 fully saturated rings. The molecule has 3 aromatic carbocycles. The van der Waals surface area contributed by atoms with Crippen molar-refractivity contribution in [3.63, 3.8) is 0 Å². The van der Waals surface area contributed by atoms with Crippen LogP contribution in [0.4, 0.5) is 11.4 Å². The number of nitrogens with zero attached hydrogens (tertiary/aromatic N) is 2. The van der Waals surface area contributed by atoms with E-state index < -0.39 is 18.1 Å². The third-order valence-electron chi connectivity index (χ3n) is 6.28. The molecule has 0 bridgehead atoms. The molecule has 6 heteroatoms. The number of imide groups is 1. The van der Waals surface area contributed by atoms with Crippen LogP contribution < -0.4 is 14.7 Å². The summed E-state index contributed by atoms with van der Waals surface area (Å²) in [5, 5.41) is 1.73. The van der Waals surface area contributed by atoms with Gasteiger partial charge in [-0.15, -0.1) is 0 Å². The average molecular weight is 443 g/mol. The van der Waals surface area contributed by atoms with Crippen molar-refractivity contribution in [1.29, 1.82) is 0 Å². The molecule has 33 heavy (non-hydrogen) atoms. The molecule has 3 aromatic rings. The predicted molar refractivity (Wildman–Crippen MR) is 126 cm³/mol. The third kappa shape index (κ3) is 3.56. The van der Waals surface area contributed by atoms with Crippen molar-refractivity contribution in [2.45, 2.75) is 32.9 Å². The van der Waals surface area contributed by atoms with Crippen LogP contribution in [0.3, 0.4) is 0 Å². The van der Waals surface area contributed by atoms with Gasteiger partial charge in [-0.05, 0) is 68.3 Å². The van der Waals surface area contributed by atoms with Crippen molar-refractivity contribution >= 4 is 23.2 Å². The molecule has 2 heterocycles. The number of hydrogen-bond acceptors (Lipinski definition) is 5. The zero-order valence-corrected chi connectivity index (χ0v) is 18.9. The Morgan fingerprint density at radius 2 is 1.61 bits per heavy atom. The number of benzene rings is 3. The summed E-state index contributed by atoms with van der Waals surface area (Å²) in [7, 11) is 0. The summed E-state index contributed by atoms with van der Waals surface area (Å²) in [4.78, 5) is 34.6. The summed E-state index contributed by atoms with van der Waals surface area (Å²) >= 11 is 0. The fourth-order valence-electron chi connectivity index (χ4n) is 4.80. The Morgan fingerprint density at radius 1 is 0.879 bits per heavy atom. The Morgan fingerprint density at radius 3 is 2.27 bits per heavy atom. The Labute approximate surface area is 193 Å². The van der Waals surface area contributed by atoms with Gasteiger partial charge in [-0.1, -0.05) is 42.0 Å². The van der Waals surface area contributed by atoms with Crippen LogP contribution in [0.1, 0.15) is 29.7 Å². The molecular formula is C27H26N2O4. The molecule has 0 saturated carbocycles. The maximum Gasteiger partial charge on any atom is 0.266 e. The van der Waals surface area contributed by atoms with Gasteiger partial charge in [0, 0.05) is 0 Å². The lowest BCUT2D eigenvalue weighted by Crippen LogP contribution is -2.37. The normalized spacial score (nSPS) is 22.1. The number of fused-ring (bicyclic) bond motifs is 1. The van der Waals surface area contributed by atoms with Crippen LogP contribution in [0.2, 0.25) is 0 Å². The molecule has 2 aliphatic rings. The summed E-state index contributed by atoms with van der Waals surface area (Å²) < 4.78 is 5.49. The standard InChI is InChI=1S/C27H26N2O4/c1-4-32-21-13-11-19(12-14-21)28-26(30)23-24(22-15-10-17(2)16-18(22)3)29(33-25(23)27(28)31)20-8-6-5-7-9-20/h5-16,23-25H,4H2,1-3H3/t23-,24+,25-/m1/s1. The Kier molecular flexibility index (Phi) is 5.38. The maximum atomic E-state index is 13.7. The second-order valence-electron chi connectivity index (χ2n) is 8.46. The van der Waals surface area contributed by atoms with Gasteiger partial charge >= 0.3 is 0 Å². The van der Waals surface area contributed by atoms with E-state index in [-0.39, 0.29) is 11.8 Å². The second-order valence-corrected chi connectivity index (χ2v) is 8.46. The fourth-order valence-corrected chi connectivity index (χ4v) is 4.80. The van der Waals surface area contributed by atoms with Crippen LogP contribution in [-0.4, -0.2) is 24.5 Å². The molecule has 5 rings (SSSR count). The highest BCUT2D eigenvalue weighted by molar-refractivity contribution is 6.24. The van der Waals surface area contributed by atoms with E-state index in [0.717, 1.165) is 22.4 Å². The first kappa shape index (κ1) is 21.2. The second kappa shape index (κ2) is 8.37. The number of hydroxylamine groups is 1. The quantitative estimate of drug-likeness (QED) is 0.534. The van der Waals surface area contributed by atoms with Crippen molar-refractivity contribution in [3.8, 4) is 5.75 Å². The van der Waals surface area contributed by atoms with E-state index in [2.05, 4.69) is 6.07 Å². The van der Waals surface area contributed by atoms with Crippen LogP contribution in [0.15, 0.2) is 72.8 Å². The zero-order chi connectivity index (χ0) is 23.1. The van der Waals surface area contributed by atoms with E-state index in [0.29, 0.717) is 18.0 Å². The molecule has 2 saturated heterocycles. The molecule has 0 unspecified atom stereocenters. The highest BCUT2D eigenvalue weighted by Crippen LogP contribution is 2.48. The smallest absolute Gasteiger partial charge is 0.266 e. The lowest BCUT2D eigenvalue weighted by atomic mass is 9.87. The lowest BCUT2D eigenvalue weighted by Gasteiger charge is -2.29. The number of hydrogen-bond donors (Lipinski definition) is 0. The summed E-state index contributed by atoms with van der Waals surface area (Å²) in [6.45, 7) is 6.53. The minimum Gasteiger partial charge on any atom is -0.494 e. The van der Waals surface area contributed by atoms with Crippen molar-refractivity contribution in [3.05, 3.63) is 89.5 Å². The number of ether oxygens (including phenoxy) is 1. The molecule has 0 aromatic heterocycles. The first-order valence-corrected chi connectivity index (χ1v) is 11.2. The number of aryl methyl sites for hydroxylation is 2. The van der Waals surface area contributed by atoms with Crippen molar-refractivity contribution in [2.24, 2.45) is 5.92 Å². The number of rotatable bonds is 5. The van der Waals surface area contributed by atoms with E-state index in [1.54, 1.807) is 29.3 Å². The summed E-state index contributed by atoms with van der Waals surface area (Å²) in [6.07, 6.45) is -0.880. The molecule has 168 valence electrons. The van der Waals surface area contributed by atoms with E-state index in [1.807, 2.05) is 63.2 Å². The molecule has 2 amide bonds. The molecular weight excluding hydrogens is 416 g/mol. The van der Waals surface area contributed by atoms with Crippen molar-refractivity contribution in [1.82, 2.24) is 0 Å². The number of para-hydroxylation sites is 1. The van der Waals surface area contributed by atoms with Gasteiger partial charge in [0.2, 0.25) is 5.91 Å². The predicted octanol–water partition coefficient (Wildman–Crippen LogP) is 4.75. The largest absolute Gasteiger partial charge is 0.494 e. The molecule has 6 nitrogen and oxygen atoms in total. The van der Waals surface area contributed by atoms with E-state index in [9.17, 15) is 9.59 Å². The van der Waals surface area contributed by atoms with E-state index in [1.165, 1.54) is 4.90 Å². The average Bonchev–Trinajstić information content (AvgIpc) is 3.31. The van der Waals surface area contributed by atoms with E-state index >= 15 is 0 Å². The highest BCUT2D eigenvalue weighted by Gasteiger charge is 2.60. The van der Waals surface area contributed by atoms with Gasteiger partial charge in [-0.3, -0.25) is 14.4 Å². The van der Waals surface area contributed by atoms with Gasteiger partial charge in [0.15, 0.2) is 6.10 Å². The van der Waals surface area contributed by atoms with Crippen LogP contribution in [0.5, 0.6) is 5.75 Å². The van der Waals surface area contributed by atoms with Gasteiger partial charge < -0.3 is 4.74 Å². The maximum absolute atomic E-state index is 13.7. The summed E-state index contributed by atoms with van der Waals surface area (Å²) in [6, 6.07) is 22.4. The molecule has 0 aliphatic carbocycles. The van der Waals surface area contributed by atoms with Gasteiger partial charge in [0.05, 0.1) is 24.0 Å². The van der Waals surface area contributed by atoms with Gasteiger partial charge in [-0.2, -0.15) is 0 Å². The molecule has 3 atom stereocenters.